The smallest absolute Gasteiger partial charge is 0.329 e. The number of hydrazone groups is 1. The van der Waals surface area contributed by atoms with Crippen molar-refractivity contribution in [3.8, 4) is 0 Å². The third kappa shape index (κ3) is 5.55. The van der Waals surface area contributed by atoms with Crippen molar-refractivity contribution in [3.63, 3.8) is 0 Å². The number of methoxy groups -OCH3 is 1. The fourth-order valence-corrected chi connectivity index (χ4v) is 1.65. The topological polar surface area (TPSA) is 79.8 Å². The summed E-state index contributed by atoms with van der Waals surface area (Å²) in [7, 11) is 1.58. The number of carbonyl (C=O) groups is 2. The average Bonchev–Trinajstić information content (AvgIpc) is 2.87. The summed E-state index contributed by atoms with van der Waals surface area (Å²) in [6, 6.07) is 3.72. The van der Waals surface area contributed by atoms with Crippen LogP contribution >= 0.6 is 11.3 Å². The van der Waals surface area contributed by atoms with Crippen LogP contribution in [0.2, 0.25) is 0 Å². The molecule has 98 valence electrons. The van der Waals surface area contributed by atoms with Crippen LogP contribution < -0.4 is 10.7 Å². The molecule has 0 aromatic carbocycles. The van der Waals surface area contributed by atoms with E-state index >= 15 is 0 Å². The van der Waals surface area contributed by atoms with Crippen molar-refractivity contribution >= 4 is 29.4 Å². The highest BCUT2D eigenvalue weighted by Crippen LogP contribution is 2.03. The van der Waals surface area contributed by atoms with Gasteiger partial charge in [0.1, 0.15) is 0 Å². The zero-order valence-corrected chi connectivity index (χ0v) is 10.8. The normalized spacial score (nSPS) is 10.5. The first-order chi connectivity index (χ1) is 8.74. The summed E-state index contributed by atoms with van der Waals surface area (Å²) in [6.45, 7) is 0.938. The lowest BCUT2D eigenvalue weighted by molar-refractivity contribution is -0.139. The van der Waals surface area contributed by atoms with Gasteiger partial charge in [0.15, 0.2) is 0 Å². The maximum absolute atomic E-state index is 11.3. The van der Waals surface area contributed by atoms with E-state index in [1.54, 1.807) is 7.11 Å². The first kappa shape index (κ1) is 14.3. The van der Waals surface area contributed by atoms with Crippen LogP contribution in [0.25, 0.3) is 0 Å². The predicted octanol–water partition coefficient (Wildman–Crippen LogP) is 0.351. The van der Waals surface area contributed by atoms with Gasteiger partial charge in [-0.1, -0.05) is 6.07 Å². The third-order valence-electron chi connectivity index (χ3n) is 1.92. The molecule has 0 atom stereocenters. The van der Waals surface area contributed by atoms with Gasteiger partial charge in [-0.15, -0.1) is 11.3 Å². The van der Waals surface area contributed by atoms with E-state index in [0.717, 1.165) is 4.88 Å². The van der Waals surface area contributed by atoms with Crippen LogP contribution in [0.3, 0.4) is 0 Å². The largest absolute Gasteiger partial charge is 0.385 e. The van der Waals surface area contributed by atoms with E-state index in [0.29, 0.717) is 19.6 Å². The highest BCUT2D eigenvalue weighted by Gasteiger charge is 2.10. The number of nitrogens with zero attached hydrogens (tertiary/aromatic N) is 1. The summed E-state index contributed by atoms with van der Waals surface area (Å²) < 4.78 is 4.82. The van der Waals surface area contributed by atoms with Crippen LogP contribution in [0.5, 0.6) is 0 Å². The lowest BCUT2D eigenvalue weighted by atomic mass is 10.4. The second-order valence-electron chi connectivity index (χ2n) is 3.32. The molecule has 0 fully saturated rings. The molecule has 1 heterocycles. The van der Waals surface area contributed by atoms with Crippen molar-refractivity contribution in [2.45, 2.75) is 6.42 Å². The van der Waals surface area contributed by atoms with Gasteiger partial charge < -0.3 is 10.1 Å². The maximum atomic E-state index is 11.3. The molecule has 0 saturated heterocycles. The SMILES string of the molecule is COCCCNC(=O)C(=O)NN=Cc1cccs1. The number of amides is 2. The van der Waals surface area contributed by atoms with Gasteiger partial charge >= 0.3 is 11.8 Å². The van der Waals surface area contributed by atoms with Gasteiger partial charge in [0.25, 0.3) is 0 Å². The molecule has 7 heteroatoms. The molecule has 0 saturated carbocycles. The number of thiophene rings is 1. The van der Waals surface area contributed by atoms with Crippen molar-refractivity contribution in [2.75, 3.05) is 20.3 Å². The molecular formula is C11H15N3O3S. The van der Waals surface area contributed by atoms with Gasteiger partial charge in [-0.3, -0.25) is 9.59 Å². The molecule has 0 aliphatic heterocycles. The highest BCUT2D eigenvalue weighted by atomic mass is 32.1. The standard InChI is InChI=1S/C11H15N3O3S/c1-17-6-3-5-12-10(15)11(16)14-13-8-9-4-2-7-18-9/h2,4,7-8H,3,5-6H2,1H3,(H,12,15)(H,14,16). The molecular weight excluding hydrogens is 254 g/mol. The van der Waals surface area contributed by atoms with Gasteiger partial charge in [-0.2, -0.15) is 5.10 Å². The Bertz CT molecular complexity index is 404. The fraction of sp³-hybridized carbons (Fsp3) is 0.364. The van der Waals surface area contributed by atoms with Gasteiger partial charge in [-0.25, -0.2) is 5.43 Å². The Kier molecular flexibility index (Phi) is 6.67. The maximum Gasteiger partial charge on any atom is 0.329 e. The molecule has 0 bridgehead atoms. The van der Waals surface area contributed by atoms with E-state index in [1.807, 2.05) is 17.5 Å². The van der Waals surface area contributed by atoms with Gasteiger partial charge in [0, 0.05) is 25.1 Å². The Labute approximate surface area is 109 Å². The molecule has 18 heavy (non-hydrogen) atoms. The van der Waals surface area contributed by atoms with Crippen molar-refractivity contribution in [1.29, 1.82) is 0 Å². The molecule has 0 radical (unpaired) electrons. The van der Waals surface area contributed by atoms with Crippen LogP contribution in [-0.2, 0) is 14.3 Å². The summed E-state index contributed by atoms with van der Waals surface area (Å²) in [5.74, 6) is -1.48. The van der Waals surface area contributed by atoms with Gasteiger partial charge in [0.2, 0.25) is 0 Å². The third-order valence-corrected chi connectivity index (χ3v) is 2.72. The van der Waals surface area contributed by atoms with Crippen molar-refractivity contribution in [3.05, 3.63) is 22.4 Å². The number of rotatable bonds is 6. The summed E-state index contributed by atoms with van der Waals surface area (Å²) in [4.78, 5) is 23.4. The predicted molar refractivity (Wildman–Crippen MR) is 69.6 cm³/mol. The van der Waals surface area contributed by atoms with E-state index in [2.05, 4.69) is 15.8 Å². The van der Waals surface area contributed by atoms with Crippen molar-refractivity contribution in [1.82, 2.24) is 10.7 Å². The summed E-state index contributed by atoms with van der Waals surface area (Å²) in [5, 5.41) is 8.03. The number of hydrogen-bond donors (Lipinski definition) is 2. The van der Waals surface area contributed by atoms with Crippen LogP contribution in [0, 0.1) is 0 Å². The van der Waals surface area contributed by atoms with Crippen molar-refractivity contribution in [2.24, 2.45) is 5.10 Å². The van der Waals surface area contributed by atoms with Gasteiger partial charge in [0.05, 0.1) is 6.21 Å². The first-order valence-electron chi connectivity index (χ1n) is 5.37. The molecule has 6 nitrogen and oxygen atoms in total. The molecule has 0 unspecified atom stereocenters. The van der Waals surface area contributed by atoms with E-state index in [-0.39, 0.29) is 0 Å². The molecule has 2 N–H and O–H groups in total. The van der Waals surface area contributed by atoms with Crippen LogP contribution in [0.15, 0.2) is 22.6 Å². The van der Waals surface area contributed by atoms with E-state index < -0.39 is 11.8 Å². The zero-order chi connectivity index (χ0) is 13.2. The van der Waals surface area contributed by atoms with Crippen LogP contribution in [0.4, 0.5) is 0 Å². The zero-order valence-electron chi connectivity index (χ0n) is 10.0. The van der Waals surface area contributed by atoms with Crippen LogP contribution in [-0.4, -0.2) is 38.3 Å². The monoisotopic (exact) mass is 269 g/mol. The van der Waals surface area contributed by atoms with Crippen LogP contribution in [0.1, 0.15) is 11.3 Å². The molecule has 1 rings (SSSR count). The Morgan fingerprint density at radius 1 is 1.50 bits per heavy atom. The molecule has 1 aromatic rings. The lowest BCUT2D eigenvalue weighted by Crippen LogP contribution is -2.38. The minimum atomic E-state index is -0.778. The molecule has 2 amide bonds. The first-order valence-corrected chi connectivity index (χ1v) is 6.25. The summed E-state index contributed by atoms with van der Waals surface area (Å²) in [6.07, 6.45) is 2.15. The minimum Gasteiger partial charge on any atom is -0.385 e. The Hall–Kier alpha value is -1.73. The lowest BCUT2D eigenvalue weighted by Gasteiger charge is -2.02. The van der Waals surface area contributed by atoms with E-state index in [9.17, 15) is 9.59 Å². The quantitative estimate of drug-likeness (QED) is 0.338. The Morgan fingerprint density at radius 2 is 2.33 bits per heavy atom. The number of nitrogens with one attached hydrogen (secondary N) is 2. The second-order valence-corrected chi connectivity index (χ2v) is 4.30. The van der Waals surface area contributed by atoms with E-state index in [1.165, 1.54) is 17.6 Å². The molecule has 0 aliphatic carbocycles. The minimum absolute atomic E-state index is 0.398. The summed E-state index contributed by atoms with van der Waals surface area (Å²) >= 11 is 1.49. The Morgan fingerprint density at radius 3 is 3.00 bits per heavy atom. The molecule has 1 aromatic heterocycles. The van der Waals surface area contributed by atoms with E-state index in [4.69, 9.17) is 4.74 Å². The molecule has 0 spiro atoms. The number of carbonyl (C=O) groups excluding carboxylic acids is 2. The second kappa shape index (κ2) is 8.37. The van der Waals surface area contributed by atoms with Gasteiger partial charge in [-0.05, 0) is 17.9 Å². The average molecular weight is 269 g/mol. The molecule has 0 aliphatic rings. The number of hydrogen-bond acceptors (Lipinski definition) is 5. The Balaban J connectivity index is 2.21. The fourth-order valence-electron chi connectivity index (χ4n) is 1.07. The number of ether oxygens (including phenoxy) is 1. The van der Waals surface area contributed by atoms with Crippen molar-refractivity contribution < 1.29 is 14.3 Å². The summed E-state index contributed by atoms with van der Waals surface area (Å²) in [5.41, 5.74) is 2.16. The highest BCUT2D eigenvalue weighted by molar-refractivity contribution is 7.11.